The molecule has 23 heavy (non-hydrogen) atoms. The Labute approximate surface area is 138 Å². The van der Waals surface area contributed by atoms with Crippen molar-refractivity contribution < 1.29 is 4.79 Å². The normalized spacial score (nSPS) is 12.2. The lowest BCUT2D eigenvalue weighted by Gasteiger charge is -2.26. The zero-order valence-electron chi connectivity index (χ0n) is 14.1. The number of rotatable bonds is 7. The summed E-state index contributed by atoms with van der Waals surface area (Å²) >= 11 is 0. The Hall–Kier alpha value is -2.27. The molecule has 0 aliphatic rings. The molecule has 1 atom stereocenters. The maximum Gasteiger partial charge on any atom is 0.319 e. The summed E-state index contributed by atoms with van der Waals surface area (Å²) in [5, 5.41) is 5.83. The molecule has 0 spiro atoms. The molecule has 2 rings (SSSR count). The van der Waals surface area contributed by atoms with Gasteiger partial charge in [0.1, 0.15) is 0 Å². The first-order chi connectivity index (χ1) is 11.1. The third-order valence-electron chi connectivity index (χ3n) is 4.00. The molecule has 0 aliphatic carbocycles. The molecule has 0 saturated carbocycles. The number of hydrogen-bond acceptors (Lipinski definition) is 2. The number of likely N-dealkylation sites (N-methyl/N-ethyl adjacent to an activating group) is 1. The predicted molar refractivity (Wildman–Crippen MR) is 95.2 cm³/mol. The molecule has 0 radical (unpaired) electrons. The zero-order valence-corrected chi connectivity index (χ0v) is 14.1. The standard InChI is InChI=1S/C18H26N4O/c1-4-21(5-2)15(3)14-19-18(23)20-16-9-8-10-17(13-16)22-11-6-7-12-22/h6-13,15H,4-5,14H2,1-3H3,(H2,19,20,23). The van der Waals surface area contributed by atoms with Crippen LogP contribution in [-0.2, 0) is 0 Å². The van der Waals surface area contributed by atoms with Gasteiger partial charge < -0.3 is 15.2 Å². The van der Waals surface area contributed by atoms with Gasteiger partial charge in [-0.1, -0.05) is 19.9 Å². The molecule has 0 saturated heterocycles. The predicted octanol–water partition coefficient (Wildman–Crippen LogP) is 3.33. The van der Waals surface area contributed by atoms with Gasteiger partial charge in [0.05, 0.1) is 0 Å². The quantitative estimate of drug-likeness (QED) is 0.823. The molecule has 0 bridgehead atoms. The van der Waals surface area contributed by atoms with Gasteiger partial charge >= 0.3 is 6.03 Å². The summed E-state index contributed by atoms with van der Waals surface area (Å²) in [5.41, 5.74) is 1.80. The van der Waals surface area contributed by atoms with Crippen LogP contribution in [0.1, 0.15) is 20.8 Å². The summed E-state index contributed by atoms with van der Waals surface area (Å²) in [6, 6.07) is 11.9. The Balaban J connectivity index is 1.89. The third kappa shape index (κ3) is 4.86. The molecule has 5 nitrogen and oxygen atoms in total. The number of amides is 2. The maximum absolute atomic E-state index is 12.1. The lowest BCUT2D eigenvalue weighted by molar-refractivity contribution is 0.220. The maximum atomic E-state index is 12.1. The Morgan fingerprint density at radius 3 is 2.52 bits per heavy atom. The summed E-state index contributed by atoms with van der Waals surface area (Å²) in [6.07, 6.45) is 3.95. The molecule has 2 amide bonds. The van der Waals surface area contributed by atoms with Crippen LogP contribution in [0.15, 0.2) is 48.8 Å². The van der Waals surface area contributed by atoms with Crippen molar-refractivity contribution in [3.05, 3.63) is 48.8 Å². The molecule has 1 aromatic carbocycles. The van der Waals surface area contributed by atoms with Crippen LogP contribution in [0.2, 0.25) is 0 Å². The van der Waals surface area contributed by atoms with E-state index in [4.69, 9.17) is 0 Å². The molecule has 1 unspecified atom stereocenters. The molecule has 2 N–H and O–H groups in total. The van der Waals surface area contributed by atoms with E-state index in [1.807, 2.05) is 53.4 Å². The van der Waals surface area contributed by atoms with Crippen LogP contribution in [0.5, 0.6) is 0 Å². The van der Waals surface area contributed by atoms with Gasteiger partial charge in [-0.3, -0.25) is 4.90 Å². The Morgan fingerprint density at radius 1 is 1.17 bits per heavy atom. The first-order valence-electron chi connectivity index (χ1n) is 8.16. The van der Waals surface area contributed by atoms with Crippen molar-refractivity contribution in [2.24, 2.45) is 0 Å². The van der Waals surface area contributed by atoms with Gasteiger partial charge in [0, 0.05) is 36.4 Å². The lowest BCUT2D eigenvalue weighted by Crippen LogP contribution is -2.43. The molecule has 1 heterocycles. The second-order valence-electron chi connectivity index (χ2n) is 5.55. The van der Waals surface area contributed by atoms with Crippen molar-refractivity contribution in [1.29, 1.82) is 0 Å². The highest BCUT2D eigenvalue weighted by molar-refractivity contribution is 5.89. The van der Waals surface area contributed by atoms with E-state index in [0.29, 0.717) is 12.6 Å². The third-order valence-corrected chi connectivity index (χ3v) is 4.00. The smallest absolute Gasteiger partial charge is 0.319 e. The van der Waals surface area contributed by atoms with Crippen LogP contribution in [0, 0.1) is 0 Å². The Morgan fingerprint density at radius 2 is 1.87 bits per heavy atom. The Bertz CT molecular complexity index is 605. The second kappa shape index (κ2) is 8.39. The number of urea groups is 1. The van der Waals surface area contributed by atoms with Crippen molar-refractivity contribution >= 4 is 11.7 Å². The number of anilines is 1. The lowest BCUT2D eigenvalue weighted by atomic mass is 10.2. The molecular formula is C18H26N4O. The van der Waals surface area contributed by atoms with E-state index in [2.05, 4.69) is 36.3 Å². The number of aromatic nitrogens is 1. The van der Waals surface area contributed by atoms with Gasteiger partial charge in [-0.25, -0.2) is 4.79 Å². The molecule has 0 aliphatic heterocycles. The minimum absolute atomic E-state index is 0.173. The van der Waals surface area contributed by atoms with E-state index in [9.17, 15) is 4.79 Å². The van der Waals surface area contributed by atoms with E-state index in [-0.39, 0.29) is 6.03 Å². The van der Waals surface area contributed by atoms with Gasteiger partial charge in [-0.2, -0.15) is 0 Å². The number of nitrogens with one attached hydrogen (secondary N) is 2. The molecule has 2 aromatic rings. The van der Waals surface area contributed by atoms with Crippen LogP contribution in [0.25, 0.3) is 5.69 Å². The Kier molecular flexibility index (Phi) is 6.23. The van der Waals surface area contributed by atoms with Crippen molar-refractivity contribution in [1.82, 2.24) is 14.8 Å². The minimum Gasteiger partial charge on any atom is -0.336 e. The number of nitrogens with zero attached hydrogens (tertiary/aromatic N) is 2. The fourth-order valence-electron chi connectivity index (χ4n) is 2.64. The summed E-state index contributed by atoms with van der Waals surface area (Å²) in [6.45, 7) is 8.99. The fourth-order valence-corrected chi connectivity index (χ4v) is 2.64. The van der Waals surface area contributed by atoms with Gasteiger partial charge in [0.25, 0.3) is 0 Å². The monoisotopic (exact) mass is 314 g/mol. The van der Waals surface area contributed by atoms with E-state index >= 15 is 0 Å². The average molecular weight is 314 g/mol. The van der Waals surface area contributed by atoms with Crippen LogP contribution in [-0.4, -0.2) is 41.2 Å². The van der Waals surface area contributed by atoms with E-state index < -0.39 is 0 Å². The average Bonchev–Trinajstić information content (AvgIpc) is 3.09. The summed E-state index contributed by atoms with van der Waals surface area (Å²) in [7, 11) is 0. The fraction of sp³-hybridized carbons (Fsp3) is 0.389. The van der Waals surface area contributed by atoms with Crippen molar-refractivity contribution in [3.63, 3.8) is 0 Å². The first kappa shape index (κ1) is 17.1. The van der Waals surface area contributed by atoms with E-state index in [1.165, 1.54) is 0 Å². The number of benzene rings is 1. The summed E-state index contributed by atoms with van der Waals surface area (Å²) < 4.78 is 2.01. The molecular weight excluding hydrogens is 288 g/mol. The van der Waals surface area contributed by atoms with Crippen molar-refractivity contribution in [3.8, 4) is 5.69 Å². The first-order valence-corrected chi connectivity index (χ1v) is 8.16. The summed E-state index contributed by atoms with van der Waals surface area (Å²) in [5.74, 6) is 0. The zero-order chi connectivity index (χ0) is 16.7. The van der Waals surface area contributed by atoms with Crippen molar-refractivity contribution in [2.75, 3.05) is 25.0 Å². The SMILES string of the molecule is CCN(CC)C(C)CNC(=O)Nc1cccc(-n2cccc2)c1. The molecule has 5 heteroatoms. The second-order valence-corrected chi connectivity index (χ2v) is 5.55. The van der Waals surface area contributed by atoms with Gasteiger partial charge in [-0.15, -0.1) is 0 Å². The number of hydrogen-bond donors (Lipinski definition) is 2. The highest BCUT2D eigenvalue weighted by Gasteiger charge is 2.11. The highest BCUT2D eigenvalue weighted by atomic mass is 16.2. The van der Waals surface area contributed by atoms with Crippen LogP contribution >= 0.6 is 0 Å². The van der Waals surface area contributed by atoms with Crippen LogP contribution in [0.4, 0.5) is 10.5 Å². The van der Waals surface area contributed by atoms with E-state index in [0.717, 1.165) is 24.5 Å². The van der Waals surface area contributed by atoms with Crippen LogP contribution < -0.4 is 10.6 Å². The minimum atomic E-state index is -0.173. The van der Waals surface area contributed by atoms with Gasteiger partial charge in [0.15, 0.2) is 0 Å². The van der Waals surface area contributed by atoms with Gasteiger partial charge in [0.2, 0.25) is 0 Å². The highest BCUT2D eigenvalue weighted by Crippen LogP contribution is 2.14. The van der Waals surface area contributed by atoms with Crippen molar-refractivity contribution in [2.45, 2.75) is 26.8 Å². The topological polar surface area (TPSA) is 49.3 Å². The van der Waals surface area contributed by atoms with Gasteiger partial charge in [-0.05, 0) is 50.3 Å². The van der Waals surface area contributed by atoms with E-state index in [1.54, 1.807) is 0 Å². The number of carbonyl (C=O) groups is 1. The summed E-state index contributed by atoms with van der Waals surface area (Å²) in [4.78, 5) is 14.4. The molecule has 1 aromatic heterocycles. The molecule has 0 fully saturated rings. The van der Waals surface area contributed by atoms with Crippen LogP contribution in [0.3, 0.4) is 0 Å². The molecule has 124 valence electrons. The number of carbonyl (C=O) groups excluding carboxylic acids is 1. The largest absolute Gasteiger partial charge is 0.336 e.